The Kier molecular flexibility index (Phi) is 6.57. The van der Waals surface area contributed by atoms with E-state index >= 15 is 0 Å². The summed E-state index contributed by atoms with van der Waals surface area (Å²) in [4.78, 5) is 12.4. The number of rotatable bonds is 6. The van der Waals surface area contributed by atoms with Gasteiger partial charge in [-0.1, -0.05) is 36.4 Å². The van der Waals surface area contributed by atoms with Crippen LogP contribution in [0.25, 0.3) is 0 Å². The van der Waals surface area contributed by atoms with Crippen LogP contribution in [0.15, 0.2) is 54.6 Å². The van der Waals surface area contributed by atoms with Crippen molar-refractivity contribution in [3.63, 3.8) is 0 Å². The summed E-state index contributed by atoms with van der Waals surface area (Å²) in [6.07, 6.45) is 2.39. The van der Waals surface area contributed by atoms with Gasteiger partial charge in [-0.25, -0.2) is 0 Å². The highest BCUT2D eigenvalue weighted by atomic mass is 32.1. The molecule has 1 heterocycles. The van der Waals surface area contributed by atoms with Gasteiger partial charge in [0.1, 0.15) is 0 Å². The Morgan fingerprint density at radius 3 is 2.73 bits per heavy atom. The molecular weight excluding hydrogens is 346 g/mol. The zero-order chi connectivity index (χ0) is 18.2. The number of amides is 1. The summed E-state index contributed by atoms with van der Waals surface area (Å²) in [5, 5.41) is 9.74. The molecule has 3 rings (SSSR count). The summed E-state index contributed by atoms with van der Waals surface area (Å²) in [7, 11) is 0. The molecule has 26 heavy (non-hydrogen) atoms. The van der Waals surface area contributed by atoms with Crippen molar-refractivity contribution >= 4 is 28.9 Å². The lowest BCUT2D eigenvalue weighted by Gasteiger charge is -2.14. The third-order valence-electron chi connectivity index (χ3n) is 4.19. The van der Waals surface area contributed by atoms with Crippen LogP contribution in [0.4, 0.5) is 5.69 Å². The molecule has 1 aliphatic rings. The highest BCUT2D eigenvalue weighted by Gasteiger charge is 2.15. The molecule has 2 aromatic carbocycles. The van der Waals surface area contributed by atoms with Crippen molar-refractivity contribution < 1.29 is 9.53 Å². The Balaban J connectivity index is 1.50. The smallest absolute Gasteiger partial charge is 0.251 e. The summed E-state index contributed by atoms with van der Waals surface area (Å²) in [5.41, 5.74) is 2.43. The summed E-state index contributed by atoms with van der Waals surface area (Å²) in [6.45, 7) is 2.02. The molecule has 1 fully saturated rings. The predicted molar refractivity (Wildman–Crippen MR) is 107 cm³/mol. The monoisotopic (exact) mass is 369 g/mol. The fourth-order valence-corrected chi connectivity index (χ4v) is 3.01. The van der Waals surface area contributed by atoms with E-state index in [1.807, 2.05) is 42.5 Å². The van der Waals surface area contributed by atoms with E-state index in [9.17, 15) is 4.79 Å². The van der Waals surface area contributed by atoms with E-state index in [2.05, 4.69) is 16.0 Å². The van der Waals surface area contributed by atoms with Crippen LogP contribution < -0.4 is 16.0 Å². The predicted octanol–water partition coefficient (Wildman–Crippen LogP) is 3.08. The molecule has 136 valence electrons. The first kappa shape index (κ1) is 18.4. The number of benzene rings is 2. The minimum atomic E-state index is -0.115. The maximum absolute atomic E-state index is 12.4. The number of hydrogen-bond acceptors (Lipinski definition) is 3. The van der Waals surface area contributed by atoms with Gasteiger partial charge in [0, 0.05) is 30.9 Å². The topological polar surface area (TPSA) is 62.4 Å². The lowest BCUT2D eigenvalue weighted by Crippen LogP contribution is -2.34. The Hall–Kier alpha value is -2.44. The van der Waals surface area contributed by atoms with E-state index in [4.69, 9.17) is 17.0 Å². The maximum atomic E-state index is 12.4. The fraction of sp³-hybridized carbons (Fsp3) is 0.300. The van der Waals surface area contributed by atoms with Crippen molar-refractivity contribution in [3.8, 4) is 0 Å². The van der Waals surface area contributed by atoms with E-state index in [1.54, 1.807) is 12.1 Å². The van der Waals surface area contributed by atoms with Crippen LogP contribution >= 0.6 is 12.2 Å². The van der Waals surface area contributed by atoms with E-state index in [1.165, 1.54) is 0 Å². The number of ether oxygens (including phenoxy) is 1. The van der Waals surface area contributed by atoms with Gasteiger partial charge in [-0.2, -0.15) is 0 Å². The average molecular weight is 369 g/mol. The van der Waals surface area contributed by atoms with Gasteiger partial charge in [-0.3, -0.25) is 4.79 Å². The van der Waals surface area contributed by atoms with Gasteiger partial charge < -0.3 is 20.7 Å². The molecule has 0 bridgehead atoms. The molecule has 1 atom stereocenters. The van der Waals surface area contributed by atoms with E-state index < -0.39 is 0 Å². The van der Waals surface area contributed by atoms with Crippen LogP contribution in [0.1, 0.15) is 28.8 Å². The molecule has 5 nitrogen and oxygen atoms in total. The molecule has 6 heteroatoms. The lowest BCUT2D eigenvalue weighted by molar-refractivity contribution is 0.0951. The Bertz CT molecular complexity index is 746. The third-order valence-corrected chi connectivity index (χ3v) is 4.44. The Morgan fingerprint density at radius 2 is 1.96 bits per heavy atom. The van der Waals surface area contributed by atoms with E-state index in [0.29, 0.717) is 23.8 Å². The maximum Gasteiger partial charge on any atom is 0.251 e. The van der Waals surface area contributed by atoms with Gasteiger partial charge in [0.15, 0.2) is 5.11 Å². The van der Waals surface area contributed by atoms with Gasteiger partial charge in [-0.15, -0.1) is 0 Å². The summed E-state index contributed by atoms with van der Waals surface area (Å²) < 4.78 is 5.56. The molecule has 0 aromatic heterocycles. The number of thiocarbonyl (C=S) groups is 1. The van der Waals surface area contributed by atoms with Crippen molar-refractivity contribution in [2.24, 2.45) is 0 Å². The SMILES string of the molecule is O=C(NCc1ccccc1)c1cccc(NC(=S)NCC2CCCO2)c1. The van der Waals surface area contributed by atoms with Crippen molar-refractivity contribution in [2.45, 2.75) is 25.5 Å². The molecule has 2 aromatic rings. The first-order valence-corrected chi connectivity index (χ1v) is 9.20. The van der Waals surface area contributed by atoms with Gasteiger partial charge in [0.2, 0.25) is 0 Å². The van der Waals surface area contributed by atoms with Gasteiger partial charge in [0.25, 0.3) is 5.91 Å². The third kappa shape index (κ3) is 5.54. The van der Waals surface area contributed by atoms with E-state index in [0.717, 1.165) is 30.7 Å². The summed E-state index contributed by atoms with van der Waals surface area (Å²) in [6, 6.07) is 17.1. The Morgan fingerprint density at radius 1 is 1.12 bits per heavy atom. The highest BCUT2D eigenvalue weighted by molar-refractivity contribution is 7.80. The quantitative estimate of drug-likeness (QED) is 0.683. The molecule has 0 spiro atoms. The second kappa shape index (κ2) is 9.31. The van der Waals surface area contributed by atoms with Crippen LogP contribution in [0.5, 0.6) is 0 Å². The van der Waals surface area contributed by atoms with Crippen LogP contribution in [0.2, 0.25) is 0 Å². The fourth-order valence-electron chi connectivity index (χ4n) is 2.81. The van der Waals surface area contributed by atoms with E-state index in [-0.39, 0.29) is 12.0 Å². The largest absolute Gasteiger partial charge is 0.376 e. The summed E-state index contributed by atoms with van der Waals surface area (Å²) in [5.74, 6) is -0.115. The molecule has 1 saturated heterocycles. The molecule has 0 aliphatic carbocycles. The molecule has 1 aliphatic heterocycles. The van der Waals surface area contributed by atoms with Crippen molar-refractivity contribution in [2.75, 3.05) is 18.5 Å². The van der Waals surface area contributed by atoms with Crippen LogP contribution in [-0.4, -0.2) is 30.3 Å². The van der Waals surface area contributed by atoms with Crippen LogP contribution in [-0.2, 0) is 11.3 Å². The number of carbonyl (C=O) groups excluding carboxylic acids is 1. The molecule has 1 amide bonds. The number of nitrogens with one attached hydrogen (secondary N) is 3. The highest BCUT2D eigenvalue weighted by Crippen LogP contribution is 2.12. The number of carbonyl (C=O) groups is 1. The van der Waals surface area contributed by atoms with Crippen LogP contribution in [0.3, 0.4) is 0 Å². The zero-order valence-corrected chi connectivity index (χ0v) is 15.4. The minimum Gasteiger partial charge on any atom is -0.376 e. The van der Waals surface area contributed by atoms with Gasteiger partial charge in [-0.05, 0) is 48.8 Å². The second-order valence-electron chi connectivity index (χ2n) is 6.22. The van der Waals surface area contributed by atoms with Crippen molar-refractivity contribution in [1.29, 1.82) is 0 Å². The second-order valence-corrected chi connectivity index (χ2v) is 6.63. The lowest BCUT2D eigenvalue weighted by atomic mass is 10.1. The van der Waals surface area contributed by atoms with Gasteiger partial charge in [0.05, 0.1) is 6.10 Å². The standard InChI is InChI=1S/C20H23N3O2S/c24-19(21-13-15-6-2-1-3-7-15)16-8-4-9-17(12-16)23-20(26)22-14-18-10-5-11-25-18/h1-4,6-9,12,18H,5,10-11,13-14H2,(H,21,24)(H2,22,23,26). The molecule has 3 N–H and O–H groups in total. The van der Waals surface area contributed by atoms with Crippen molar-refractivity contribution in [1.82, 2.24) is 10.6 Å². The Labute approximate surface area is 159 Å². The summed E-state index contributed by atoms with van der Waals surface area (Å²) >= 11 is 5.32. The molecule has 0 saturated carbocycles. The van der Waals surface area contributed by atoms with Crippen molar-refractivity contribution in [3.05, 3.63) is 65.7 Å². The number of anilines is 1. The first-order chi connectivity index (χ1) is 12.7. The minimum absolute atomic E-state index is 0.115. The average Bonchev–Trinajstić information content (AvgIpc) is 3.19. The molecular formula is C20H23N3O2S. The normalized spacial score (nSPS) is 16.1. The van der Waals surface area contributed by atoms with Gasteiger partial charge >= 0.3 is 0 Å². The zero-order valence-electron chi connectivity index (χ0n) is 14.5. The molecule has 0 radical (unpaired) electrons. The number of hydrogen-bond donors (Lipinski definition) is 3. The van der Waals surface area contributed by atoms with Crippen LogP contribution in [0, 0.1) is 0 Å². The first-order valence-electron chi connectivity index (χ1n) is 8.79. The molecule has 1 unspecified atom stereocenters.